The number of aromatic nitrogens is 1. The highest BCUT2D eigenvalue weighted by atomic mass is 14.9. The Morgan fingerprint density at radius 1 is 0.818 bits per heavy atom. The van der Waals surface area contributed by atoms with Gasteiger partial charge in [-0.1, -0.05) is 42.5 Å². The minimum atomic E-state index is 0.848. The van der Waals surface area contributed by atoms with Gasteiger partial charge in [-0.15, -0.1) is 0 Å². The summed E-state index contributed by atoms with van der Waals surface area (Å²) in [4.78, 5) is 3.46. The summed E-state index contributed by atoms with van der Waals surface area (Å²) in [6.45, 7) is 3.00. The van der Waals surface area contributed by atoms with Crippen LogP contribution in [0.3, 0.4) is 0 Å². The molecule has 0 amide bonds. The third-order valence-corrected chi connectivity index (χ3v) is 4.25. The molecule has 4 aromatic rings. The molecule has 22 heavy (non-hydrogen) atoms. The van der Waals surface area contributed by atoms with Crippen LogP contribution in [0.25, 0.3) is 21.8 Å². The topological polar surface area (TPSA) is 27.8 Å². The Labute approximate surface area is 129 Å². The van der Waals surface area contributed by atoms with Crippen LogP contribution < -0.4 is 5.32 Å². The smallest absolute Gasteiger partial charge is 0.0466 e. The van der Waals surface area contributed by atoms with E-state index in [1.165, 1.54) is 32.9 Å². The first-order chi connectivity index (χ1) is 10.8. The predicted octanol–water partition coefficient (Wildman–Crippen LogP) is 5.24. The first-order valence-electron chi connectivity index (χ1n) is 7.60. The highest BCUT2D eigenvalue weighted by molar-refractivity contribution is 6.08. The molecule has 2 N–H and O–H groups in total. The zero-order chi connectivity index (χ0) is 14.9. The summed E-state index contributed by atoms with van der Waals surface area (Å²) in [5, 5.41) is 6.08. The first kappa shape index (κ1) is 13.0. The molecule has 3 aromatic carbocycles. The van der Waals surface area contributed by atoms with Gasteiger partial charge in [0.05, 0.1) is 0 Å². The third-order valence-electron chi connectivity index (χ3n) is 4.25. The predicted molar refractivity (Wildman–Crippen MR) is 94.3 cm³/mol. The van der Waals surface area contributed by atoms with Crippen LogP contribution in [0.5, 0.6) is 0 Å². The Balaban J connectivity index is 1.67. The second kappa shape index (κ2) is 5.23. The maximum atomic E-state index is 3.53. The van der Waals surface area contributed by atoms with Crippen molar-refractivity contribution in [1.29, 1.82) is 0 Å². The largest absolute Gasteiger partial charge is 0.381 e. The first-order valence-corrected chi connectivity index (χ1v) is 7.60. The van der Waals surface area contributed by atoms with E-state index < -0.39 is 0 Å². The number of benzene rings is 3. The van der Waals surface area contributed by atoms with E-state index in [1.54, 1.807) is 0 Å². The van der Waals surface area contributed by atoms with Gasteiger partial charge in [-0.3, -0.25) is 0 Å². The van der Waals surface area contributed by atoms with Crippen LogP contribution in [0.4, 0.5) is 5.69 Å². The van der Waals surface area contributed by atoms with Crippen molar-refractivity contribution in [3.63, 3.8) is 0 Å². The Bertz CT molecular complexity index is 950. The highest BCUT2D eigenvalue weighted by Crippen LogP contribution is 2.27. The molecule has 0 bridgehead atoms. The van der Waals surface area contributed by atoms with E-state index in [0.717, 1.165) is 12.2 Å². The fourth-order valence-corrected chi connectivity index (χ4v) is 2.96. The third kappa shape index (κ3) is 2.23. The van der Waals surface area contributed by atoms with E-state index in [4.69, 9.17) is 0 Å². The maximum Gasteiger partial charge on any atom is 0.0466 e. The van der Waals surface area contributed by atoms with Crippen LogP contribution >= 0.6 is 0 Å². The van der Waals surface area contributed by atoms with E-state index in [2.05, 4.69) is 84.0 Å². The number of rotatable bonds is 3. The Morgan fingerprint density at radius 2 is 1.59 bits per heavy atom. The van der Waals surface area contributed by atoms with Gasteiger partial charge < -0.3 is 10.3 Å². The van der Waals surface area contributed by atoms with Crippen molar-refractivity contribution in [3.8, 4) is 0 Å². The molecule has 0 aliphatic carbocycles. The molecule has 2 heteroatoms. The standard InChI is InChI=1S/C20H18N2/c1-14-6-2-3-7-15(14)13-21-16-10-11-20-18(12-16)17-8-4-5-9-19(17)22-20/h2-12,21-22H,13H2,1H3. The molecule has 0 spiro atoms. The summed E-state index contributed by atoms with van der Waals surface area (Å²) >= 11 is 0. The van der Waals surface area contributed by atoms with Gasteiger partial charge in [0.1, 0.15) is 0 Å². The van der Waals surface area contributed by atoms with Crippen molar-refractivity contribution in [2.75, 3.05) is 5.32 Å². The number of nitrogens with one attached hydrogen (secondary N) is 2. The molecule has 0 radical (unpaired) electrons. The molecule has 4 rings (SSSR count). The number of hydrogen-bond acceptors (Lipinski definition) is 1. The molecule has 0 atom stereocenters. The average molecular weight is 286 g/mol. The highest BCUT2D eigenvalue weighted by Gasteiger charge is 2.04. The van der Waals surface area contributed by atoms with Crippen LogP contribution in [0.2, 0.25) is 0 Å². The molecular weight excluding hydrogens is 268 g/mol. The zero-order valence-electron chi connectivity index (χ0n) is 12.6. The molecule has 108 valence electrons. The lowest BCUT2D eigenvalue weighted by Gasteiger charge is -2.09. The number of fused-ring (bicyclic) bond motifs is 3. The lowest BCUT2D eigenvalue weighted by Crippen LogP contribution is -2.00. The Kier molecular flexibility index (Phi) is 3.08. The van der Waals surface area contributed by atoms with Gasteiger partial charge in [-0.25, -0.2) is 0 Å². The van der Waals surface area contributed by atoms with E-state index in [0.29, 0.717) is 0 Å². The minimum absolute atomic E-state index is 0.848. The number of aromatic amines is 1. The molecule has 1 aromatic heterocycles. The summed E-state index contributed by atoms with van der Waals surface area (Å²) in [5.74, 6) is 0. The van der Waals surface area contributed by atoms with Gasteiger partial charge in [-0.05, 0) is 42.3 Å². The Hall–Kier alpha value is -2.74. The van der Waals surface area contributed by atoms with Crippen LogP contribution in [0.15, 0.2) is 66.7 Å². The van der Waals surface area contributed by atoms with Gasteiger partial charge in [0.25, 0.3) is 0 Å². The van der Waals surface area contributed by atoms with E-state index in [-0.39, 0.29) is 0 Å². The fraction of sp³-hybridized carbons (Fsp3) is 0.100. The van der Waals surface area contributed by atoms with Gasteiger partial charge in [0.15, 0.2) is 0 Å². The number of H-pyrrole nitrogens is 1. The van der Waals surface area contributed by atoms with Crippen molar-refractivity contribution in [2.24, 2.45) is 0 Å². The fourth-order valence-electron chi connectivity index (χ4n) is 2.96. The minimum Gasteiger partial charge on any atom is -0.381 e. The van der Waals surface area contributed by atoms with Crippen molar-refractivity contribution in [1.82, 2.24) is 4.98 Å². The lowest BCUT2D eigenvalue weighted by molar-refractivity contribution is 1.12. The van der Waals surface area contributed by atoms with Crippen LogP contribution in [0.1, 0.15) is 11.1 Å². The summed E-state index contributed by atoms with van der Waals surface area (Å²) in [6.07, 6.45) is 0. The molecule has 2 nitrogen and oxygen atoms in total. The molecule has 0 unspecified atom stereocenters. The van der Waals surface area contributed by atoms with Gasteiger partial charge in [0, 0.05) is 34.0 Å². The van der Waals surface area contributed by atoms with E-state index in [9.17, 15) is 0 Å². The summed E-state index contributed by atoms with van der Waals surface area (Å²) in [6, 6.07) is 23.4. The molecule has 0 aliphatic heterocycles. The van der Waals surface area contributed by atoms with Crippen molar-refractivity contribution < 1.29 is 0 Å². The van der Waals surface area contributed by atoms with Crippen LogP contribution in [0, 0.1) is 6.92 Å². The second-order valence-electron chi connectivity index (χ2n) is 5.71. The number of para-hydroxylation sites is 1. The molecule has 0 saturated heterocycles. The number of hydrogen-bond donors (Lipinski definition) is 2. The number of anilines is 1. The average Bonchev–Trinajstić information content (AvgIpc) is 2.92. The van der Waals surface area contributed by atoms with Gasteiger partial charge in [0.2, 0.25) is 0 Å². The zero-order valence-corrected chi connectivity index (χ0v) is 12.6. The van der Waals surface area contributed by atoms with E-state index >= 15 is 0 Å². The maximum absolute atomic E-state index is 3.53. The Morgan fingerprint density at radius 3 is 2.50 bits per heavy atom. The summed E-state index contributed by atoms with van der Waals surface area (Å²) in [5.41, 5.74) is 6.18. The second-order valence-corrected chi connectivity index (χ2v) is 5.71. The van der Waals surface area contributed by atoms with Crippen LogP contribution in [-0.4, -0.2) is 4.98 Å². The molecule has 0 aliphatic rings. The van der Waals surface area contributed by atoms with Crippen molar-refractivity contribution in [2.45, 2.75) is 13.5 Å². The summed E-state index contributed by atoms with van der Waals surface area (Å²) < 4.78 is 0. The van der Waals surface area contributed by atoms with Crippen LogP contribution in [-0.2, 0) is 6.54 Å². The van der Waals surface area contributed by atoms with Gasteiger partial charge >= 0.3 is 0 Å². The summed E-state index contributed by atoms with van der Waals surface area (Å²) in [7, 11) is 0. The lowest BCUT2D eigenvalue weighted by atomic mass is 10.1. The molecular formula is C20H18N2. The normalized spacial score (nSPS) is 11.1. The number of aryl methyl sites for hydroxylation is 1. The van der Waals surface area contributed by atoms with Crippen molar-refractivity contribution >= 4 is 27.5 Å². The van der Waals surface area contributed by atoms with Gasteiger partial charge in [-0.2, -0.15) is 0 Å². The molecule has 0 saturated carbocycles. The molecule has 1 heterocycles. The quantitative estimate of drug-likeness (QED) is 0.529. The molecule has 0 fully saturated rings. The monoisotopic (exact) mass is 286 g/mol. The van der Waals surface area contributed by atoms with E-state index in [1.807, 2.05) is 0 Å². The van der Waals surface area contributed by atoms with Crippen molar-refractivity contribution in [3.05, 3.63) is 77.9 Å². The SMILES string of the molecule is Cc1ccccc1CNc1ccc2[nH]c3ccccc3c2c1.